The van der Waals surface area contributed by atoms with Crippen LogP contribution in [0.2, 0.25) is 5.15 Å². The van der Waals surface area contributed by atoms with Crippen LogP contribution < -0.4 is 0 Å². The van der Waals surface area contributed by atoms with Crippen LogP contribution in [0.15, 0.2) is 24.3 Å². The van der Waals surface area contributed by atoms with E-state index in [1.807, 2.05) is 31.2 Å². The fraction of sp³-hybridized carbons (Fsp3) is 0.286. The minimum Gasteiger partial charge on any atom is -0.298 e. The van der Waals surface area contributed by atoms with Gasteiger partial charge in [0.25, 0.3) is 0 Å². The second-order valence-corrected chi connectivity index (χ2v) is 4.58. The van der Waals surface area contributed by atoms with Crippen molar-refractivity contribution >= 4 is 17.9 Å². The number of aryl methyl sites for hydroxylation is 2. The van der Waals surface area contributed by atoms with Crippen LogP contribution in [0.25, 0.3) is 5.69 Å². The molecular formula is C14H15ClN2O. The summed E-state index contributed by atoms with van der Waals surface area (Å²) in [5, 5.41) is 4.85. The quantitative estimate of drug-likeness (QED) is 0.789. The van der Waals surface area contributed by atoms with Crippen LogP contribution in [0, 0.1) is 6.92 Å². The minimum atomic E-state index is 0.391. The first kappa shape index (κ1) is 12.8. The van der Waals surface area contributed by atoms with Gasteiger partial charge in [0.05, 0.1) is 16.9 Å². The molecule has 94 valence electrons. The van der Waals surface area contributed by atoms with Crippen molar-refractivity contribution in [1.82, 2.24) is 9.78 Å². The molecule has 1 heterocycles. The average molecular weight is 263 g/mol. The summed E-state index contributed by atoms with van der Waals surface area (Å²) in [6.07, 6.45) is 2.48. The Hall–Kier alpha value is -1.61. The molecular weight excluding hydrogens is 248 g/mol. The van der Waals surface area contributed by atoms with E-state index in [0.717, 1.165) is 36.1 Å². The summed E-state index contributed by atoms with van der Waals surface area (Å²) >= 11 is 6.24. The molecule has 0 aliphatic rings. The van der Waals surface area contributed by atoms with E-state index < -0.39 is 0 Å². The summed E-state index contributed by atoms with van der Waals surface area (Å²) in [5.41, 5.74) is 3.25. The number of halogens is 1. The van der Waals surface area contributed by atoms with Gasteiger partial charge in [0.2, 0.25) is 0 Å². The summed E-state index contributed by atoms with van der Waals surface area (Å²) in [6.45, 7) is 4.04. The molecule has 1 aromatic carbocycles. The molecule has 1 aromatic heterocycles. The van der Waals surface area contributed by atoms with Crippen molar-refractivity contribution in [3.8, 4) is 5.69 Å². The molecule has 2 aromatic rings. The van der Waals surface area contributed by atoms with Crippen LogP contribution in [-0.4, -0.2) is 16.1 Å². The number of carbonyl (C=O) groups excluding carboxylic acids is 1. The maximum absolute atomic E-state index is 11.1. The monoisotopic (exact) mass is 262 g/mol. The van der Waals surface area contributed by atoms with Gasteiger partial charge in [-0.1, -0.05) is 43.1 Å². The molecule has 0 unspecified atom stereocenters. The first-order chi connectivity index (χ1) is 8.69. The fourth-order valence-electron chi connectivity index (χ4n) is 1.95. The molecule has 0 spiro atoms. The zero-order chi connectivity index (χ0) is 13.1. The molecule has 0 saturated carbocycles. The Morgan fingerprint density at radius 3 is 2.72 bits per heavy atom. The highest BCUT2D eigenvalue weighted by molar-refractivity contribution is 6.32. The highest BCUT2D eigenvalue weighted by atomic mass is 35.5. The first-order valence-electron chi connectivity index (χ1n) is 5.97. The third-order valence-electron chi connectivity index (χ3n) is 2.89. The Morgan fingerprint density at radius 2 is 2.11 bits per heavy atom. The van der Waals surface area contributed by atoms with Gasteiger partial charge in [-0.05, 0) is 25.0 Å². The lowest BCUT2D eigenvalue weighted by Crippen LogP contribution is -1.99. The molecule has 0 saturated heterocycles. The van der Waals surface area contributed by atoms with Gasteiger partial charge in [0.15, 0.2) is 6.29 Å². The third kappa shape index (κ3) is 2.18. The van der Waals surface area contributed by atoms with Gasteiger partial charge >= 0.3 is 0 Å². The summed E-state index contributed by atoms with van der Waals surface area (Å²) in [4.78, 5) is 11.1. The smallest absolute Gasteiger partial charge is 0.155 e. The number of benzene rings is 1. The average Bonchev–Trinajstić information content (AvgIpc) is 2.67. The van der Waals surface area contributed by atoms with E-state index in [-0.39, 0.29) is 0 Å². The molecule has 0 bridgehead atoms. The van der Waals surface area contributed by atoms with Crippen LogP contribution in [0.5, 0.6) is 0 Å². The second kappa shape index (κ2) is 5.36. The molecule has 0 atom stereocenters. The largest absolute Gasteiger partial charge is 0.298 e. The Labute approximate surface area is 111 Å². The summed E-state index contributed by atoms with van der Waals surface area (Å²) < 4.78 is 1.64. The van der Waals surface area contributed by atoms with Crippen molar-refractivity contribution in [3.63, 3.8) is 0 Å². The number of nitrogens with zero attached hydrogens (tertiary/aromatic N) is 2. The molecule has 0 aliphatic carbocycles. The highest BCUT2D eigenvalue weighted by Gasteiger charge is 2.16. The fourth-order valence-corrected chi connectivity index (χ4v) is 2.23. The Balaban J connectivity index is 2.59. The van der Waals surface area contributed by atoms with Crippen molar-refractivity contribution in [2.45, 2.75) is 26.7 Å². The van der Waals surface area contributed by atoms with E-state index in [0.29, 0.717) is 10.7 Å². The van der Waals surface area contributed by atoms with Gasteiger partial charge in [0, 0.05) is 0 Å². The summed E-state index contributed by atoms with van der Waals surface area (Å²) in [5.74, 6) is 0. The normalized spacial score (nSPS) is 10.6. The number of aromatic nitrogens is 2. The van der Waals surface area contributed by atoms with Gasteiger partial charge < -0.3 is 0 Å². The predicted molar refractivity (Wildman–Crippen MR) is 72.7 cm³/mol. The number of rotatable bonds is 4. The van der Waals surface area contributed by atoms with Crippen molar-refractivity contribution < 1.29 is 4.79 Å². The molecule has 0 N–H and O–H groups in total. The first-order valence-corrected chi connectivity index (χ1v) is 6.35. The molecule has 2 rings (SSSR count). The molecule has 0 fully saturated rings. The zero-order valence-electron chi connectivity index (χ0n) is 10.5. The Bertz CT molecular complexity index is 575. The predicted octanol–water partition coefficient (Wildman–Crippen LogP) is 3.60. The summed E-state index contributed by atoms with van der Waals surface area (Å²) in [6, 6.07) is 7.83. The van der Waals surface area contributed by atoms with Crippen molar-refractivity contribution in [2.24, 2.45) is 0 Å². The lowest BCUT2D eigenvalue weighted by Gasteiger charge is -2.06. The SMILES string of the molecule is CCCc1nn(-c2ccccc2C)c(Cl)c1C=O. The van der Waals surface area contributed by atoms with Crippen LogP contribution in [-0.2, 0) is 6.42 Å². The maximum Gasteiger partial charge on any atom is 0.155 e. The molecule has 0 amide bonds. The van der Waals surface area contributed by atoms with Crippen LogP contribution in [0.1, 0.15) is 35.0 Å². The second-order valence-electron chi connectivity index (χ2n) is 4.22. The van der Waals surface area contributed by atoms with Crippen LogP contribution >= 0.6 is 11.6 Å². The Kier molecular flexibility index (Phi) is 3.82. The summed E-state index contributed by atoms with van der Waals surface area (Å²) in [7, 11) is 0. The lowest BCUT2D eigenvalue weighted by molar-refractivity contribution is 0.112. The number of carbonyl (C=O) groups is 1. The number of para-hydroxylation sites is 1. The number of hydrogen-bond acceptors (Lipinski definition) is 2. The zero-order valence-corrected chi connectivity index (χ0v) is 11.2. The van der Waals surface area contributed by atoms with Gasteiger partial charge in [-0.2, -0.15) is 5.10 Å². The van der Waals surface area contributed by atoms with Gasteiger partial charge in [-0.15, -0.1) is 0 Å². The molecule has 4 heteroatoms. The number of hydrogen-bond donors (Lipinski definition) is 0. The van der Waals surface area contributed by atoms with E-state index >= 15 is 0 Å². The van der Waals surface area contributed by atoms with Gasteiger partial charge in [-0.25, -0.2) is 4.68 Å². The standard InChI is InChI=1S/C14H15ClN2O/c1-3-6-12-11(9-18)14(15)17(16-12)13-8-5-4-7-10(13)2/h4-5,7-9H,3,6H2,1-2H3. The Morgan fingerprint density at radius 1 is 1.39 bits per heavy atom. The van der Waals surface area contributed by atoms with Crippen molar-refractivity contribution in [2.75, 3.05) is 0 Å². The molecule has 0 aliphatic heterocycles. The molecule has 3 nitrogen and oxygen atoms in total. The minimum absolute atomic E-state index is 0.391. The van der Waals surface area contributed by atoms with E-state index in [1.54, 1.807) is 4.68 Å². The third-order valence-corrected chi connectivity index (χ3v) is 3.25. The van der Waals surface area contributed by atoms with E-state index in [1.165, 1.54) is 0 Å². The van der Waals surface area contributed by atoms with Gasteiger partial charge in [0.1, 0.15) is 5.15 Å². The molecule has 0 radical (unpaired) electrons. The van der Waals surface area contributed by atoms with Crippen molar-refractivity contribution in [3.05, 3.63) is 46.2 Å². The topological polar surface area (TPSA) is 34.9 Å². The highest BCUT2D eigenvalue weighted by Crippen LogP contribution is 2.24. The number of aldehydes is 1. The van der Waals surface area contributed by atoms with Gasteiger partial charge in [-0.3, -0.25) is 4.79 Å². The van der Waals surface area contributed by atoms with Crippen molar-refractivity contribution in [1.29, 1.82) is 0 Å². The maximum atomic E-state index is 11.1. The lowest BCUT2D eigenvalue weighted by atomic mass is 10.2. The molecule has 18 heavy (non-hydrogen) atoms. The van der Waals surface area contributed by atoms with E-state index in [9.17, 15) is 4.79 Å². The van der Waals surface area contributed by atoms with E-state index in [4.69, 9.17) is 11.6 Å². The van der Waals surface area contributed by atoms with Crippen LogP contribution in [0.3, 0.4) is 0 Å². The van der Waals surface area contributed by atoms with Crippen LogP contribution in [0.4, 0.5) is 0 Å². The van der Waals surface area contributed by atoms with E-state index in [2.05, 4.69) is 12.0 Å².